The quantitative estimate of drug-likeness (QED) is 0.504. The zero-order valence-electron chi connectivity index (χ0n) is 13.1. The van der Waals surface area contributed by atoms with Crippen LogP contribution in [0.1, 0.15) is 11.1 Å². The molecule has 0 unspecified atom stereocenters. The van der Waals surface area contributed by atoms with Crippen molar-refractivity contribution < 1.29 is 4.74 Å². The van der Waals surface area contributed by atoms with Gasteiger partial charge in [0.1, 0.15) is 18.4 Å². The van der Waals surface area contributed by atoms with Crippen LogP contribution in [0.25, 0.3) is 21.5 Å². The average molecular weight is 309 g/mol. The van der Waals surface area contributed by atoms with Crippen LogP contribution in [0.5, 0.6) is 5.75 Å². The van der Waals surface area contributed by atoms with E-state index >= 15 is 0 Å². The standard InChI is InChI=1S/C22H15NO/c23-14-20-12-11-18-6-3-4-8-21(18)22(20)24-15-16-9-10-17-5-1-2-7-19(17)13-16/h1-13H,15H2. The molecule has 0 saturated carbocycles. The van der Waals surface area contributed by atoms with Gasteiger partial charge in [-0.3, -0.25) is 0 Å². The molecular weight excluding hydrogens is 294 g/mol. The van der Waals surface area contributed by atoms with Crippen molar-refractivity contribution in [3.63, 3.8) is 0 Å². The summed E-state index contributed by atoms with van der Waals surface area (Å²) in [6.07, 6.45) is 0. The molecular formula is C22H15NO. The number of nitrogens with zero attached hydrogens (tertiary/aromatic N) is 1. The van der Waals surface area contributed by atoms with Crippen molar-refractivity contribution in [1.82, 2.24) is 0 Å². The zero-order valence-corrected chi connectivity index (χ0v) is 13.1. The van der Waals surface area contributed by atoms with Gasteiger partial charge in [0.15, 0.2) is 0 Å². The lowest BCUT2D eigenvalue weighted by Gasteiger charge is -2.12. The third-order valence-electron chi connectivity index (χ3n) is 4.20. The highest BCUT2D eigenvalue weighted by Crippen LogP contribution is 2.30. The Kier molecular flexibility index (Phi) is 3.61. The van der Waals surface area contributed by atoms with E-state index in [0.29, 0.717) is 17.9 Å². The minimum Gasteiger partial charge on any atom is -0.487 e. The summed E-state index contributed by atoms with van der Waals surface area (Å²) in [6, 6.07) is 28.5. The van der Waals surface area contributed by atoms with E-state index in [4.69, 9.17) is 4.74 Å². The minimum atomic E-state index is 0.438. The predicted octanol–water partition coefficient (Wildman–Crippen LogP) is 5.44. The molecule has 0 bridgehead atoms. The first-order chi connectivity index (χ1) is 11.8. The van der Waals surface area contributed by atoms with E-state index in [1.54, 1.807) is 0 Å². The predicted molar refractivity (Wildman–Crippen MR) is 96.9 cm³/mol. The summed E-state index contributed by atoms with van der Waals surface area (Å²) < 4.78 is 6.05. The molecule has 24 heavy (non-hydrogen) atoms. The van der Waals surface area contributed by atoms with Crippen molar-refractivity contribution in [2.24, 2.45) is 0 Å². The summed E-state index contributed by atoms with van der Waals surface area (Å²) in [7, 11) is 0. The molecule has 0 aliphatic rings. The molecule has 4 rings (SSSR count). The fourth-order valence-electron chi connectivity index (χ4n) is 2.97. The van der Waals surface area contributed by atoms with Gasteiger partial charge in [-0.15, -0.1) is 0 Å². The van der Waals surface area contributed by atoms with E-state index in [0.717, 1.165) is 16.3 Å². The van der Waals surface area contributed by atoms with Crippen LogP contribution in [0.3, 0.4) is 0 Å². The van der Waals surface area contributed by atoms with Gasteiger partial charge in [-0.1, -0.05) is 66.7 Å². The van der Waals surface area contributed by atoms with Crippen molar-refractivity contribution in [1.29, 1.82) is 5.26 Å². The van der Waals surface area contributed by atoms with Gasteiger partial charge in [-0.05, 0) is 33.9 Å². The molecule has 4 aromatic rings. The molecule has 0 fully saturated rings. The lowest BCUT2D eigenvalue weighted by Crippen LogP contribution is -1.98. The number of ether oxygens (including phenoxy) is 1. The van der Waals surface area contributed by atoms with Crippen molar-refractivity contribution in [2.45, 2.75) is 6.61 Å². The first kappa shape index (κ1) is 14.3. The molecule has 0 atom stereocenters. The van der Waals surface area contributed by atoms with Crippen molar-refractivity contribution in [3.05, 3.63) is 90.0 Å². The Hall–Kier alpha value is -3.31. The second kappa shape index (κ2) is 6.06. The Labute approximate surface area is 140 Å². The summed E-state index contributed by atoms with van der Waals surface area (Å²) >= 11 is 0. The van der Waals surface area contributed by atoms with Gasteiger partial charge in [0.25, 0.3) is 0 Å². The number of rotatable bonds is 3. The van der Waals surface area contributed by atoms with Crippen LogP contribution in [-0.4, -0.2) is 0 Å². The molecule has 2 heteroatoms. The third-order valence-corrected chi connectivity index (χ3v) is 4.20. The number of nitriles is 1. The molecule has 0 N–H and O–H groups in total. The minimum absolute atomic E-state index is 0.438. The van der Waals surface area contributed by atoms with Crippen molar-refractivity contribution >= 4 is 21.5 Å². The highest BCUT2D eigenvalue weighted by molar-refractivity contribution is 5.90. The Morgan fingerprint density at radius 1 is 0.750 bits per heavy atom. The fraction of sp³-hybridized carbons (Fsp3) is 0.0455. The van der Waals surface area contributed by atoms with Crippen LogP contribution < -0.4 is 4.74 Å². The number of fused-ring (bicyclic) bond motifs is 2. The van der Waals surface area contributed by atoms with E-state index in [2.05, 4.69) is 36.4 Å². The van der Waals surface area contributed by atoms with Gasteiger partial charge >= 0.3 is 0 Å². The first-order valence-corrected chi connectivity index (χ1v) is 7.87. The third kappa shape index (κ3) is 2.57. The number of benzene rings is 4. The van der Waals surface area contributed by atoms with E-state index < -0.39 is 0 Å². The van der Waals surface area contributed by atoms with E-state index in [-0.39, 0.29) is 0 Å². The molecule has 0 aliphatic heterocycles. The summed E-state index contributed by atoms with van der Waals surface area (Å²) in [5, 5.41) is 13.8. The van der Waals surface area contributed by atoms with Crippen LogP contribution in [0.4, 0.5) is 0 Å². The van der Waals surface area contributed by atoms with Crippen LogP contribution in [-0.2, 0) is 6.61 Å². The fourth-order valence-corrected chi connectivity index (χ4v) is 2.97. The van der Waals surface area contributed by atoms with Crippen LogP contribution >= 0.6 is 0 Å². The van der Waals surface area contributed by atoms with E-state index in [9.17, 15) is 5.26 Å². The largest absolute Gasteiger partial charge is 0.487 e. The van der Waals surface area contributed by atoms with Crippen LogP contribution in [0, 0.1) is 11.3 Å². The first-order valence-electron chi connectivity index (χ1n) is 7.87. The second-order valence-electron chi connectivity index (χ2n) is 5.75. The van der Waals surface area contributed by atoms with Gasteiger partial charge in [0.2, 0.25) is 0 Å². The molecule has 4 aromatic carbocycles. The Bertz CT molecular complexity index is 1080. The molecule has 0 heterocycles. The number of hydrogen-bond acceptors (Lipinski definition) is 2. The Morgan fingerprint density at radius 2 is 1.46 bits per heavy atom. The maximum Gasteiger partial charge on any atom is 0.145 e. The summed E-state index contributed by atoms with van der Waals surface area (Å²) in [6.45, 7) is 0.438. The second-order valence-corrected chi connectivity index (χ2v) is 5.75. The summed E-state index contributed by atoms with van der Waals surface area (Å²) in [4.78, 5) is 0. The van der Waals surface area contributed by atoms with Gasteiger partial charge < -0.3 is 4.74 Å². The maximum absolute atomic E-state index is 9.39. The van der Waals surface area contributed by atoms with E-state index in [1.165, 1.54) is 10.8 Å². The topological polar surface area (TPSA) is 33.0 Å². The van der Waals surface area contributed by atoms with E-state index in [1.807, 2.05) is 48.5 Å². The molecule has 114 valence electrons. The van der Waals surface area contributed by atoms with Crippen molar-refractivity contribution in [3.8, 4) is 11.8 Å². The van der Waals surface area contributed by atoms with Crippen LogP contribution in [0.2, 0.25) is 0 Å². The maximum atomic E-state index is 9.39. The Morgan fingerprint density at radius 3 is 2.29 bits per heavy atom. The summed E-state index contributed by atoms with van der Waals surface area (Å²) in [5.41, 5.74) is 1.65. The van der Waals surface area contributed by atoms with Gasteiger partial charge in [0.05, 0.1) is 5.56 Å². The highest BCUT2D eigenvalue weighted by atomic mass is 16.5. The summed E-state index contributed by atoms with van der Waals surface area (Å²) in [5.74, 6) is 0.656. The lowest BCUT2D eigenvalue weighted by molar-refractivity contribution is 0.309. The van der Waals surface area contributed by atoms with Crippen molar-refractivity contribution in [2.75, 3.05) is 0 Å². The van der Waals surface area contributed by atoms with Gasteiger partial charge in [-0.25, -0.2) is 0 Å². The molecule has 0 aliphatic carbocycles. The smallest absolute Gasteiger partial charge is 0.145 e. The highest BCUT2D eigenvalue weighted by Gasteiger charge is 2.09. The average Bonchev–Trinajstić information content (AvgIpc) is 2.65. The molecule has 0 amide bonds. The normalized spacial score (nSPS) is 10.6. The number of hydrogen-bond donors (Lipinski definition) is 0. The Balaban J connectivity index is 1.70. The molecule has 0 saturated heterocycles. The zero-order chi connectivity index (χ0) is 16.4. The van der Waals surface area contributed by atoms with Gasteiger partial charge in [0, 0.05) is 5.39 Å². The SMILES string of the molecule is N#Cc1ccc2ccccc2c1OCc1ccc2ccccc2c1. The molecule has 0 aromatic heterocycles. The molecule has 0 radical (unpaired) electrons. The van der Waals surface area contributed by atoms with Crippen LogP contribution in [0.15, 0.2) is 78.9 Å². The molecule has 0 spiro atoms. The van der Waals surface area contributed by atoms with Gasteiger partial charge in [-0.2, -0.15) is 5.26 Å². The monoisotopic (exact) mass is 309 g/mol. The molecule has 2 nitrogen and oxygen atoms in total. The lowest BCUT2D eigenvalue weighted by atomic mass is 10.1.